The Morgan fingerprint density at radius 2 is 1.55 bits per heavy atom. The molecule has 0 amide bonds. The van der Waals surface area contributed by atoms with Crippen molar-refractivity contribution < 1.29 is 4.79 Å². The van der Waals surface area contributed by atoms with Crippen LogP contribution in [0.25, 0.3) is 11.3 Å². The summed E-state index contributed by atoms with van der Waals surface area (Å²) in [7, 11) is 0. The number of rotatable bonds is 6. The van der Waals surface area contributed by atoms with Gasteiger partial charge in [-0.3, -0.25) is 9.79 Å². The first kappa shape index (κ1) is 20.8. The quantitative estimate of drug-likeness (QED) is 0.239. The minimum absolute atomic E-state index is 0.00440. The lowest BCUT2D eigenvalue weighted by atomic mass is 10.1. The smallest absolute Gasteiger partial charge is 0.163 e. The third kappa shape index (κ3) is 4.52. The minimum Gasteiger partial charge on any atom is -0.338 e. The van der Waals surface area contributed by atoms with Gasteiger partial charge in [0.2, 0.25) is 0 Å². The molecule has 0 radical (unpaired) electrons. The van der Waals surface area contributed by atoms with Gasteiger partial charge in [-0.05, 0) is 37.1 Å². The maximum Gasteiger partial charge on any atom is 0.163 e. The highest BCUT2D eigenvalue weighted by atomic mass is 35.5. The minimum atomic E-state index is 0.00440. The first-order valence-corrected chi connectivity index (χ1v) is 10.6. The van der Waals surface area contributed by atoms with E-state index in [1.165, 1.54) is 0 Å². The summed E-state index contributed by atoms with van der Waals surface area (Å²) in [6.45, 7) is 4.21. The van der Waals surface area contributed by atoms with E-state index in [0.29, 0.717) is 22.8 Å². The largest absolute Gasteiger partial charge is 0.338 e. The van der Waals surface area contributed by atoms with E-state index in [1.807, 2.05) is 85.9 Å². The molecular weight excluding hydrogens is 404 g/mol. The van der Waals surface area contributed by atoms with Crippen molar-refractivity contribution in [2.24, 2.45) is 4.99 Å². The molecular formula is C27H23ClN2O. The first-order valence-electron chi connectivity index (χ1n) is 10.2. The summed E-state index contributed by atoms with van der Waals surface area (Å²) >= 11 is 6.07. The number of aromatic nitrogens is 1. The van der Waals surface area contributed by atoms with Crippen molar-refractivity contribution in [2.45, 2.75) is 20.4 Å². The number of ketones is 1. The predicted molar refractivity (Wildman–Crippen MR) is 129 cm³/mol. The standard InChI is InChI=1S/C27H23ClN2O/c1-19-25(20(2)31)26(29-17-21-9-5-3-6-10-21)27(23-11-7-4-8-12-23)30(19)18-22-13-15-24(28)16-14-22/h3-17H,18H2,1-2H3/b29-17+. The van der Waals surface area contributed by atoms with E-state index >= 15 is 0 Å². The zero-order valence-corrected chi connectivity index (χ0v) is 18.3. The van der Waals surface area contributed by atoms with E-state index in [4.69, 9.17) is 16.6 Å². The maximum absolute atomic E-state index is 12.7. The van der Waals surface area contributed by atoms with Crippen LogP contribution in [0.1, 0.15) is 34.1 Å². The second-order valence-electron chi connectivity index (χ2n) is 7.46. The summed E-state index contributed by atoms with van der Waals surface area (Å²) in [5.74, 6) is 0.00440. The molecule has 0 bridgehead atoms. The highest BCUT2D eigenvalue weighted by molar-refractivity contribution is 6.30. The molecule has 4 aromatic rings. The average Bonchev–Trinajstić information content (AvgIpc) is 3.06. The second kappa shape index (κ2) is 9.15. The van der Waals surface area contributed by atoms with E-state index in [-0.39, 0.29) is 5.78 Å². The first-order chi connectivity index (χ1) is 15.0. The number of carbonyl (C=O) groups excluding carboxylic acids is 1. The van der Waals surface area contributed by atoms with Crippen molar-refractivity contribution in [1.29, 1.82) is 0 Å². The topological polar surface area (TPSA) is 34.4 Å². The van der Waals surface area contributed by atoms with E-state index < -0.39 is 0 Å². The van der Waals surface area contributed by atoms with Crippen molar-refractivity contribution in [3.8, 4) is 11.3 Å². The van der Waals surface area contributed by atoms with Crippen molar-refractivity contribution in [1.82, 2.24) is 4.57 Å². The van der Waals surface area contributed by atoms with Crippen LogP contribution in [0, 0.1) is 6.92 Å². The second-order valence-corrected chi connectivity index (χ2v) is 7.90. The summed E-state index contributed by atoms with van der Waals surface area (Å²) in [6.07, 6.45) is 1.82. The highest BCUT2D eigenvalue weighted by Crippen LogP contribution is 2.39. The molecule has 0 saturated heterocycles. The molecule has 0 fully saturated rings. The lowest BCUT2D eigenvalue weighted by Crippen LogP contribution is -2.05. The van der Waals surface area contributed by atoms with Gasteiger partial charge in [-0.25, -0.2) is 0 Å². The highest BCUT2D eigenvalue weighted by Gasteiger charge is 2.24. The van der Waals surface area contributed by atoms with Crippen LogP contribution >= 0.6 is 11.6 Å². The number of hydrogen-bond donors (Lipinski definition) is 0. The molecule has 31 heavy (non-hydrogen) atoms. The summed E-state index contributed by atoms with van der Waals surface area (Å²) in [5.41, 5.74) is 6.31. The summed E-state index contributed by atoms with van der Waals surface area (Å²) in [6, 6.07) is 27.8. The summed E-state index contributed by atoms with van der Waals surface area (Å²) < 4.78 is 2.17. The van der Waals surface area contributed by atoms with Gasteiger partial charge in [0.1, 0.15) is 0 Å². The third-order valence-electron chi connectivity index (χ3n) is 5.29. The molecule has 4 heteroatoms. The monoisotopic (exact) mass is 426 g/mol. The van der Waals surface area contributed by atoms with Crippen LogP contribution < -0.4 is 0 Å². The van der Waals surface area contributed by atoms with Crippen LogP contribution in [0.2, 0.25) is 5.02 Å². The molecule has 0 aliphatic carbocycles. The maximum atomic E-state index is 12.7. The summed E-state index contributed by atoms with van der Waals surface area (Å²) in [4.78, 5) is 17.5. The van der Waals surface area contributed by atoms with Gasteiger partial charge in [-0.15, -0.1) is 0 Å². The van der Waals surface area contributed by atoms with Crippen LogP contribution in [0.15, 0.2) is 89.9 Å². The zero-order valence-electron chi connectivity index (χ0n) is 17.5. The molecule has 4 rings (SSSR count). The normalized spacial score (nSPS) is 11.2. The molecule has 0 saturated carbocycles. The Morgan fingerprint density at radius 3 is 2.16 bits per heavy atom. The van der Waals surface area contributed by atoms with E-state index in [9.17, 15) is 4.79 Å². The Bertz CT molecular complexity index is 1220. The van der Waals surface area contributed by atoms with Crippen molar-refractivity contribution in [3.05, 3.63) is 112 Å². The van der Waals surface area contributed by atoms with Crippen LogP contribution in [-0.4, -0.2) is 16.6 Å². The van der Waals surface area contributed by atoms with E-state index in [1.54, 1.807) is 6.92 Å². The Kier molecular flexibility index (Phi) is 6.15. The Morgan fingerprint density at radius 1 is 0.935 bits per heavy atom. The molecule has 0 aliphatic rings. The number of carbonyl (C=O) groups is 1. The van der Waals surface area contributed by atoms with Crippen molar-refractivity contribution in [3.63, 3.8) is 0 Å². The van der Waals surface area contributed by atoms with Gasteiger partial charge >= 0.3 is 0 Å². The fourth-order valence-electron chi connectivity index (χ4n) is 3.80. The van der Waals surface area contributed by atoms with Gasteiger partial charge in [0.15, 0.2) is 5.78 Å². The van der Waals surface area contributed by atoms with Gasteiger partial charge in [0, 0.05) is 29.0 Å². The molecule has 3 nitrogen and oxygen atoms in total. The molecule has 0 atom stereocenters. The fraction of sp³-hybridized carbons (Fsp3) is 0.111. The number of halogens is 1. The predicted octanol–water partition coefficient (Wildman–Crippen LogP) is 7.12. The van der Waals surface area contributed by atoms with E-state index in [0.717, 1.165) is 28.1 Å². The van der Waals surface area contributed by atoms with Gasteiger partial charge in [0.05, 0.1) is 16.9 Å². The van der Waals surface area contributed by atoms with Crippen molar-refractivity contribution >= 4 is 29.3 Å². The van der Waals surface area contributed by atoms with Gasteiger partial charge < -0.3 is 4.57 Å². The SMILES string of the molecule is CC(=O)c1c(/N=C/c2ccccc2)c(-c2ccccc2)n(Cc2ccc(Cl)cc2)c1C. The summed E-state index contributed by atoms with van der Waals surface area (Å²) in [5, 5.41) is 0.703. The number of aliphatic imine (C=N–C) groups is 1. The number of nitrogens with zero attached hydrogens (tertiary/aromatic N) is 2. The molecule has 0 N–H and O–H groups in total. The van der Waals surface area contributed by atoms with Crippen LogP contribution in [0.4, 0.5) is 5.69 Å². The molecule has 1 heterocycles. The Labute approximate surface area is 187 Å². The number of benzene rings is 3. The van der Waals surface area contributed by atoms with Crippen LogP contribution in [0.5, 0.6) is 0 Å². The molecule has 0 aliphatic heterocycles. The third-order valence-corrected chi connectivity index (χ3v) is 5.55. The van der Waals surface area contributed by atoms with Gasteiger partial charge in [-0.2, -0.15) is 0 Å². The molecule has 0 spiro atoms. The molecule has 3 aromatic carbocycles. The average molecular weight is 427 g/mol. The molecule has 154 valence electrons. The molecule has 1 aromatic heterocycles. The fourth-order valence-corrected chi connectivity index (χ4v) is 3.93. The van der Waals surface area contributed by atoms with E-state index in [2.05, 4.69) is 16.7 Å². The van der Waals surface area contributed by atoms with Gasteiger partial charge in [0.25, 0.3) is 0 Å². The number of hydrogen-bond acceptors (Lipinski definition) is 2. The van der Waals surface area contributed by atoms with Crippen LogP contribution in [0.3, 0.4) is 0 Å². The number of Topliss-reactive ketones (excluding diaryl/α,β-unsaturated/α-hetero) is 1. The Hall–Kier alpha value is -3.43. The molecule has 0 unspecified atom stereocenters. The van der Waals surface area contributed by atoms with Gasteiger partial charge in [-0.1, -0.05) is 84.4 Å². The lowest BCUT2D eigenvalue weighted by molar-refractivity contribution is 0.101. The zero-order chi connectivity index (χ0) is 21.8. The van der Waals surface area contributed by atoms with Crippen molar-refractivity contribution in [2.75, 3.05) is 0 Å². The Balaban J connectivity index is 1.92. The lowest BCUT2D eigenvalue weighted by Gasteiger charge is -2.13. The van der Waals surface area contributed by atoms with Crippen LogP contribution in [-0.2, 0) is 6.54 Å².